The molecule has 2 N–H and O–H groups in total. The third-order valence-electron chi connectivity index (χ3n) is 5.31. The summed E-state index contributed by atoms with van der Waals surface area (Å²) in [5, 5.41) is 0.593. The summed E-state index contributed by atoms with van der Waals surface area (Å²) in [6.07, 6.45) is 0. The fourth-order valence-electron chi connectivity index (χ4n) is 3.70. The highest BCUT2D eigenvalue weighted by Gasteiger charge is 2.26. The molecule has 3 aromatic carbocycles. The maximum atomic E-state index is 10.2. The Morgan fingerprint density at radius 3 is 1.86 bits per heavy atom. The number of benzene rings is 3. The van der Waals surface area contributed by atoms with Gasteiger partial charge < -0.3 is 9.79 Å². The van der Waals surface area contributed by atoms with Crippen LogP contribution in [0.1, 0.15) is 52.7 Å². The molecule has 3 heteroatoms. The summed E-state index contributed by atoms with van der Waals surface area (Å²) in [7, 11) is -2.23. The Balaban J connectivity index is 2.39. The predicted octanol–water partition coefficient (Wildman–Crippen LogP) is 6.54. The monoisotopic (exact) mass is 406 g/mol. The van der Waals surface area contributed by atoms with Crippen LogP contribution < -0.4 is 5.30 Å². The first kappa shape index (κ1) is 21.7. The first-order valence-corrected chi connectivity index (χ1v) is 11.3. The van der Waals surface area contributed by atoms with Crippen molar-refractivity contribution in [3.05, 3.63) is 77.9 Å². The molecule has 0 aliphatic rings. The van der Waals surface area contributed by atoms with Crippen molar-refractivity contribution in [2.75, 3.05) is 0 Å². The zero-order chi connectivity index (χ0) is 21.4. The average molecular weight is 407 g/mol. The fraction of sp³-hybridized carbons (Fsp3) is 0.308. The normalized spacial score (nSPS) is 12.4. The van der Waals surface area contributed by atoms with Crippen LogP contribution >= 0.6 is 8.38 Å². The average Bonchev–Trinajstić information content (AvgIpc) is 2.66. The van der Waals surface area contributed by atoms with Crippen molar-refractivity contribution in [3.8, 4) is 22.3 Å². The maximum absolute atomic E-state index is 10.2. The lowest BCUT2D eigenvalue weighted by Crippen LogP contribution is -2.19. The molecule has 0 aromatic heterocycles. The summed E-state index contributed by atoms with van der Waals surface area (Å²) in [5.74, 6) is 0. The van der Waals surface area contributed by atoms with Gasteiger partial charge in [0, 0.05) is 10.9 Å². The van der Waals surface area contributed by atoms with Crippen LogP contribution in [0.15, 0.2) is 66.7 Å². The van der Waals surface area contributed by atoms with Gasteiger partial charge in [-0.3, -0.25) is 0 Å². The summed E-state index contributed by atoms with van der Waals surface area (Å²) in [5.41, 5.74) is 6.52. The van der Waals surface area contributed by atoms with E-state index in [0.717, 1.165) is 22.3 Å². The van der Waals surface area contributed by atoms with Gasteiger partial charge in [0.2, 0.25) is 0 Å². The lowest BCUT2D eigenvalue weighted by atomic mass is 9.76. The van der Waals surface area contributed by atoms with Gasteiger partial charge >= 0.3 is 0 Å². The van der Waals surface area contributed by atoms with Crippen LogP contribution in [-0.4, -0.2) is 9.79 Å². The molecule has 0 aliphatic carbocycles. The highest BCUT2D eigenvalue weighted by molar-refractivity contribution is 7.54. The second-order valence-corrected chi connectivity index (χ2v) is 10.7. The van der Waals surface area contributed by atoms with E-state index in [9.17, 15) is 9.79 Å². The summed E-state index contributed by atoms with van der Waals surface area (Å²) >= 11 is 0. The van der Waals surface area contributed by atoms with Crippen molar-refractivity contribution < 1.29 is 9.79 Å². The van der Waals surface area contributed by atoms with E-state index < -0.39 is 8.38 Å². The van der Waals surface area contributed by atoms with Gasteiger partial charge in [-0.2, -0.15) is 0 Å². The van der Waals surface area contributed by atoms with Crippen molar-refractivity contribution in [3.63, 3.8) is 0 Å². The standard InChI is InChI=1S/C26H31O2P/c1-25(2,3)19-15-16-21(22(17-19)26(4,5)6)24-20(18-11-8-7-9-12-18)13-10-14-23(24)29(27)28/h7-17,27-28H,1-6H3. The number of hydrogen-bond donors (Lipinski definition) is 2. The highest BCUT2D eigenvalue weighted by atomic mass is 31.2. The van der Waals surface area contributed by atoms with Crippen LogP contribution in [0, 0.1) is 0 Å². The van der Waals surface area contributed by atoms with Crippen LogP contribution in [-0.2, 0) is 10.8 Å². The minimum Gasteiger partial charge on any atom is -0.347 e. The van der Waals surface area contributed by atoms with Crippen LogP contribution in [0.2, 0.25) is 0 Å². The van der Waals surface area contributed by atoms with Crippen LogP contribution in [0.4, 0.5) is 0 Å². The zero-order valence-electron chi connectivity index (χ0n) is 18.2. The van der Waals surface area contributed by atoms with Gasteiger partial charge in [0.1, 0.15) is 0 Å². The van der Waals surface area contributed by atoms with E-state index in [-0.39, 0.29) is 10.8 Å². The van der Waals surface area contributed by atoms with Gasteiger partial charge in [0.25, 0.3) is 0 Å². The lowest BCUT2D eigenvalue weighted by molar-refractivity contribution is 0.497. The first-order chi connectivity index (χ1) is 13.5. The molecule has 0 fully saturated rings. The van der Waals surface area contributed by atoms with Gasteiger partial charge in [0.15, 0.2) is 8.38 Å². The second-order valence-electron chi connectivity index (χ2n) is 9.62. The van der Waals surface area contributed by atoms with E-state index in [0.29, 0.717) is 5.30 Å². The van der Waals surface area contributed by atoms with E-state index in [1.807, 2.05) is 30.3 Å². The summed E-state index contributed by atoms with van der Waals surface area (Å²) < 4.78 is 0. The molecule has 0 bridgehead atoms. The van der Waals surface area contributed by atoms with E-state index in [4.69, 9.17) is 0 Å². The minimum atomic E-state index is -2.23. The number of hydrogen-bond acceptors (Lipinski definition) is 2. The molecule has 3 aromatic rings. The van der Waals surface area contributed by atoms with E-state index in [1.165, 1.54) is 11.1 Å². The molecule has 0 saturated carbocycles. The third-order valence-corrected chi connectivity index (χ3v) is 6.11. The molecule has 29 heavy (non-hydrogen) atoms. The predicted molar refractivity (Wildman–Crippen MR) is 126 cm³/mol. The Hall–Kier alpha value is -1.99. The first-order valence-electron chi connectivity index (χ1n) is 10.0. The van der Waals surface area contributed by atoms with Crippen LogP contribution in [0.3, 0.4) is 0 Å². The maximum Gasteiger partial charge on any atom is 0.200 e. The fourth-order valence-corrected chi connectivity index (χ4v) is 4.36. The molecule has 0 saturated heterocycles. The van der Waals surface area contributed by atoms with Crippen LogP contribution in [0.25, 0.3) is 22.3 Å². The van der Waals surface area contributed by atoms with E-state index in [1.54, 1.807) is 0 Å². The molecule has 2 nitrogen and oxygen atoms in total. The Kier molecular flexibility index (Phi) is 6.01. The minimum absolute atomic E-state index is 0.0425. The molecule has 0 amide bonds. The summed E-state index contributed by atoms with van der Waals surface area (Å²) in [6.45, 7) is 13.3. The molecule has 0 spiro atoms. The molecule has 0 unspecified atom stereocenters. The molecule has 0 aliphatic heterocycles. The third kappa shape index (κ3) is 4.61. The van der Waals surface area contributed by atoms with Crippen LogP contribution in [0.5, 0.6) is 0 Å². The van der Waals surface area contributed by atoms with Gasteiger partial charge in [-0.15, -0.1) is 0 Å². The van der Waals surface area contributed by atoms with Crippen molar-refractivity contribution >= 4 is 13.7 Å². The van der Waals surface area contributed by atoms with E-state index in [2.05, 4.69) is 77.9 Å². The van der Waals surface area contributed by atoms with Crippen molar-refractivity contribution in [1.82, 2.24) is 0 Å². The molecular formula is C26H31O2P. The quantitative estimate of drug-likeness (QED) is 0.485. The van der Waals surface area contributed by atoms with Crippen molar-refractivity contribution in [1.29, 1.82) is 0 Å². The second kappa shape index (κ2) is 8.03. The molecule has 0 heterocycles. The number of rotatable bonds is 3. The topological polar surface area (TPSA) is 40.5 Å². The SMILES string of the molecule is CC(C)(C)c1ccc(-c2c(-c3ccccc3)cccc2P(O)O)c(C(C)(C)C)c1. The van der Waals surface area contributed by atoms with Gasteiger partial charge in [-0.05, 0) is 44.7 Å². The molecule has 0 radical (unpaired) electrons. The Morgan fingerprint density at radius 2 is 1.31 bits per heavy atom. The summed E-state index contributed by atoms with van der Waals surface area (Å²) in [6, 6.07) is 22.6. The molecule has 152 valence electrons. The van der Waals surface area contributed by atoms with Crippen molar-refractivity contribution in [2.24, 2.45) is 0 Å². The Morgan fingerprint density at radius 1 is 0.655 bits per heavy atom. The largest absolute Gasteiger partial charge is 0.347 e. The zero-order valence-corrected chi connectivity index (χ0v) is 19.1. The molecule has 3 rings (SSSR count). The van der Waals surface area contributed by atoms with E-state index >= 15 is 0 Å². The Labute approximate surface area is 176 Å². The van der Waals surface area contributed by atoms with Gasteiger partial charge in [-0.25, -0.2) is 0 Å². The molecule has 0 atom stereocenters. The van der Waals surface area contributed by atoms with Gasteiger partial charge in [-0.1, -0.05) is 102 Å². The Bertz CT molecular complexity index is 993. The highest BCUT2D eigenvalue weighted by Crippen LogP contribution is 2.42. The smallest absolute Gasteiger partial charge is 0.200 e. The summed E-state index contributed by atoms with van der Waals surface area (Å²) in [4.78, 5) is 20.5. The van der Waals surface area contributed by atoms with Crippen molar-refractivity contribution in [2.45, 2.75) is 52.4 Å². The lowest BCUT2D eigenvalue weighted by Gasteiger charge is -2.29. The molecular weight excluding hydrogens is 375 g/mol. The van der Waals surface area contributed by atoms with Gasteiger partial charge in [0.05, 0.1) is 0 Å².